The number of hydrogen-bond donors (Lipinski definition) is 9. The molecule has 0 aromatic heterocycles. The van der Waals surface area contributed by atoms with Crippen LogP contribution in [0.5, 0.6) is 0 Å². The van der Waals surface area contributed by atoms with Gasteiger partial charge in [0.2, 0.25) is 17.7 Å². The van der Waals surface area contributed by atoms with E-state index in [-0.39, 0.29) is 24.8 Å². The van der Waals surface area contributed by atoms with Gasteiger partial charge in [-0.2, -0.15) is 0 Å². The molecule has 0 aliphatic heterocycles. The Morgan fingerprint density at radius 3 is 1.82 bits per heavy atom. The van der Waals surface area contributed by atoms with E-state index in [1.54, 1.807) is 0 Å². The number of carboxylic acid groups (broad SMARTS) is 1. The van der Waals surface area contributed by atoms with Crippen LogP contribution in [0.1, 0.15) is 47.0 Å². The summed E-state index contributed by atoms with van der Waals surface area (Å²) in [6, 6.07) is -5.23. The van der Waals surface area contributed by atoms with Crippen LogP contribution in [0.2, 0.25) is 0 Å². The molecular formula is C20H39N7O7. The van der Waals surface area contributed by atoms with Gasteiger partial charge in [-0.1, -0.05) is 13.8 Å². The monoisotopic (exact) mass is 489 g/mol. The number of aliphatic imine (C=N–C) groups is 1. The van der Waals surface area contributed by atoms with Gasteiger partial charge in [-0.3, -0.25) is 19.4 Å². The van der Waals surface area contributed by atoms with Crippen molar-refractivity contribution in [1.29, 1.82) is 0 Å². The van der Waals surface area contributed by atoms with E-state index in [9.17, 15) is 29.4 Å². The van der Waals surface area contributed by atoms with Crippen LogP contribution in [-0.4, -0.2) is 87.9 Å². The molecule has 0 heterocycles. The van der Waals surface area contributed by atoms with Gasteiger partial charge in [0.25, 0.3) is 0 Å². The van der Waals surface area contributed by atoms with Gasteiger partial charge in [0.1, 0.15) is 12.1 Å². The van der Waals surface area contributed by atoms with E-state index < -0.39 is 60.1 Å². The molecule has 0 aliphatic rings. The van der Waals surface area contributed by atoms with Crippen LogP contribution in [-0.2, 0) is 19.2 Å². The molecular weight excluding hydrogens is 450 g/mol. The van der Waals surface area contributed by atoms with E-state index in [4.69, 9.17) is 22.3 Å². The maximum atomic E-state index is 12.9. The van der Waals surface area contributed by atoms with Crippen molar-refractivity contribution in [3.05, 3.63) is 0 Å². The lowest BCUT2D eigenvalue weighted by atomic mass is 10.0. The van der Waals surface area contributed by atoms with Crippen LogP contribution >= 0.6 is 0 Å². The van der Waals surface area contributed by atoms with E-state index in [1.165, 1.54) is 6.92 Å². The smallest absolute Gasteiger partial charge is 0.328 e. The third-order valence-corrected chi connectivity index (χ3v) is 4.75. The molecule has 0 fully saturated rings. The molecule has 6 unspecified atom stereocenters. The lowest BCUT2D eigenvalue weighted by Gasteiger charge is -2.27. The van der Waals surface area contributed by atoms with Crippen LogP contribution in [0, 0.1) is 5.92 Å². The number of aliphatic hydroxyl groups excluding tert-OH is 2. The number of carbonyl (C=O) groups is 4. The zero-order valence-corrected chi connectivity index (χ0v) is 20.0. The van der Waals surface area contributed by atoms with E-state index in [0.717, 1.165) is 6.92 Å². The number of carboxylic acids is 1. The highest BCUT2D eigenvalue weighted by Gasteiger charge is 2.34. The highest BCUT2D eigenvalue weighted by atomic mass is 16.4. The molecule has 0 aliphatic carbocycles. The summed E-state index contributed by atoms with van der Waals surface area (Å²) >= 11 is 0. The number of guanidine groups is 1. The molecule has 0 aromatic rings. The lowest BCUT2D eigenvalue weighted by Crippen LogP contribution is -2.60. The topological polar surface area (TPSA) is 255 Å². The lowest BCUT2D eigenvalue weighted by molar-refractivity contribution is -0.146. The molecule has 0 bridgehead atoms. The van der Waals surface area contributed by atoms with Gasteiger partial charge in [-0.25, -0.2) is 4.79 Å². The molecule has 196 valence electrons. The molecule has 14 nitrogen and oxygen atoms in total. The molecule has 0 saturated carbocycles. The first-order chi connectivity index (χ1) is 15.7. The second-order valence-corrected chi connectivity index (χ2v) is 8.54. The van der Waals surface area contributed by atoms with E-state index in [0.29, 0.717) is 12.8 Å². The summed E-state index contributed by atoms with van der Waals surface area (Å²) in [5.74, 6) is -3.91. The average Bonchev–Trinajstić information content (AvgIpc) is 2.70. The maximum absolute atomic E-state index is 12.9. The second-order valence-electron chi connectivity index (χ2n) is 8.54. The summed E-state index contributed by atoms with van der Waals surface area (Å²) in [4.78, 5) is 53.0. The standard InChI is InChI=1S/C20H39N7O7/c1-9(2)8-12(21)16(30)25-13(6-5-7-24-20(22)23)17(31)26-14(10(3)28)18(32)27-15(11(4)29)19(33)34/h9-15,28-29H,5-8,21H2,1-4H3,(H,25,30)(H,26,31)(H,27,32)(H,33,34)(H4,22,23,24). The van der Waals surface area contributed by atoms with Crippen molar-refractivity contribution in [2.45, 2.75) is 83.3 Å². The van der Waals surface area contributed by atoms with Crippen molar-refractivity contribution in [3.63, 3.8) is 0 Å². The van der Waals surface area contributed by atoms with Gasteiger partial charge < -0.3 is 48.5 Å². The highest BCUT2D eigenvalue weighted by Crippen LogP contribution is 2.06. The predicted molar refractivity (Wildman–Crippen MR) is 124 cm³/mol. The summed E-state index contributed by atoms with van der Waals surface area (Å²) in [5, 5.41) is 35.6. The summed E-state index contributed by atoms with van der Waals surface area (Å²) in [7, 11) is 0. The second kappa shape index (κ2) is 15.0. The number of rotatable bonds is 15. The minimum Gasteiger partial charge on any atom is -0.480 e. The van der Waals surface area contributed by atoms with Crippen LogP contribution in [0.25, 0.3) is 0 Å². The molecule has 3 amide bonds. The quantitative estimate of drug-likeness (QED) is 0.0629. The van der Waals surface area contributed by atoms with Crippen LogP contribution < -0.4 is 33.2 Å². The molecule has 0 saturated heterocycles. The Hall–Kier alpha value is -2.97. The summed E-state index contributed by atoms with van der Waals surface area (Å²) in [5.41, 5.74) is 16.5. The van der Waals surface area contributed by atoms with E-state index >= 15 is 0 Å². The zero-order chi connectivity index (χ0) is 26.6. The van der Waals surface area contributed by atoms with Crippen molar-refractivity contribution >= 4 is 29.7 Å². The van der Waals surface area contributed by atoms with E-state index in [2.05, 4.69) is 20.9 Å². The summed E-state index contributed by atoms with van der Waals surface area (Å²) in [6.45, 7) is 6.33. The number of nitrogens with two attached hydrogens (primary N) is 3. The molecule has 14 heteroatoms. The molecule has 12 N–H and O–H groups in total. The Kier molecular flexibility index (Phi) is 13.7. The predicted octanol–water partition coefficient (Wildman–Crippen LogP) is -3.29. The number of amides is 3. The largest absolute Gasteiger partial charge is 0.480 e. The van der Waals surface area contributed by atoms with Crippen molar-refractivity contribution in [3.8, 4) is 0 Å². The fourth-order valence-corrected chi connectivity index (χ4v) is 2.96. The van der Waals surface area contributed by atoms with Crippen molar-refractivity contribution in [2.75, 3.05) is 6.54 Å². The highest BCUT2D eigenvalue weighted by molar-refractivity contribution is 5.94. The minimum atomic E-state index is -1.66. The number of nitrogens with one attached hydrogen (secondary N) is 3. The third-order valence-electron chi connectivity index (χ3n) is 4.75. The zero-order valence-electron chi connectivity index (χ0n) is 20.0. The first-order valence-electron chi connectivity index (χ1n) is 11.0. The number of aliphatic carboxylic acids is 1. The Morgan fingerprint density at radius 2 is 1.38 bits per heavy atom. The van der Waals surface area contributed by atoms with Gasteiger partial charge in [0, 0.05) is 6.54 Å². The Bertz CT molecular complexity index is 724. The fraction of sp³-hybridized carbons (Fsp3) is 0.750. The Balaban J connectivity index is 5.52. The number of nitrogens with zero attached hydrogens (tertiary/aromatic N) is 1. The molecule has 0 aromatic carbocycles. The van der Waals surface area contributed by atoms with Gasteiger partial charge >= 0.3 is 5.97 Å². The van der Waals surface area contributed by atoms with Crippen LogP contribution in [0.3, 0.4) is 0 Å². The van der Waals surface area contributed by atoms with Crippen LogP contribution in [0.4, 0.5) is 0 Å². The average molecular weight is 490 g/mol. The number of aliphatic hydroxyl groups is 2. The van der Waals surface area contributed by atoms with Crippen LogP contribution in [0.15, 0.2) is 4.99 Å². The Labute approximate surface area is 198 Å². The molecule has 34 heavy (non-hydrogen) atoms. The molecule has 0 rings (SSSR count). The summed E-state index contributed by atoms with van der Waals surface area (Å²) < 4.78 is 0. The normalized spacial score (nSPS) is 16.4. The Morgan fingerprint density at radius 1 is 0.853 bits per heavy atom. The van der Waals surface area contributed by atoms with Crippen molar-refractivity contribution in [2.24, 2.45) is 28.1 Å². The van der Waals surface area contributed by atoms with Gasteiger partial charge in [-0.05, 0) is 39.0 Å². The fourth-order valence-electron chi connectivity index (χ4n) is 2.96. The summed E-state index contributed by atoms with van der Waals surface area (Å²) in [6.07, 6.45) is -2.10. The maximum Gasteiger partial charge on any atom is 0.328 e. The minimum absolute atomic E-state index is 0.0856. The van der Waals surface area contributed by atoms with E-state index in [1.807, 2.05) is 13.8 Å². The van der Waals surface area contributed by atoms with Gasteiger partial charge in [-0.15, -0.1) is 0 Å². The van der Waals surface area contributed by atoms with Crippen molar-refractivity contribution in [1.82, 2.24) is 16.0 Å². The SMILES string of the molecule is CC(C)CC(N)C(=O)NC(CCCN=C(N)N)C(=O)NC(C(=O)NC(C(=O)O)C(C)O)C(C)O. The molecule has 0 radical (unpaired) electrons. The first kappa shape index (κ1) is 31.0. The van der Waals surface area contributed by atoms with Gasteiger partial charge in [0.05, 0.1) is 18.2 Å². The van der Waals surface area contributed by atoms with Gasteiger partial charge in [0.15, 0.2) is 12.0 Å². The molecule has 0 spiro atoms. The van der Waals surface area contributed by atoms with Crippen molar-refractivity contribution < 1.29 is 34.5 Å². The third kappa shape index (κ3) is 11.8. The number of carbonyl (C=O) groups excluding carboxylic acids is 3. The number of hydrogen-bond acceptors (Lipinski definition) is 8. The molecule has 6 atom stereocenters. The first-order valence-corrected chi connectivity index (χ1v) is 11.0.